The zero-order chi connectivity index (χ0) is 9.14. The number of hydrogen-bond acceptors (Lipinski definition) is 4. The topological polar surface area (TPSA) is 61.3 Å². The molecular weight excluding hydrogens is 172 g/mol. The molecule has 0 bridgehead atoms. The second kappa shape index (κ2) is 3.58. The fourth-order valence-corrected chi connectivity index (χ4v) is 1.24. The van der Waals surface area contributed by atoms with E-state index in [1.165, 1.54) is 0 Å². The van der Waals surface area contributed by atoms with Crippen LogP contribution in [0.4, 0.5) is 11.4 Å². The van der Waals surface area contributed by atoms with Crippen molar-refractivity contribution < 1.29 is 4.74 Å². The summed E-state index contributed by atoms with van der Waals surface area (Å²) >= 11 is 4.12. The molecule has 0 radical (unpaired) electrons. The minimum atomic E-state index is 0.556. The van der Waals surface area contributed by atoms with Crippen molar-refractivity contribution in [2.75, 3.05) is 18.6 Å². The third kappa shape index (κ3) is 1.58. The Bertz CT molecular complexity index is 263. The maximum atomic E-state index is 5.67. The van der Waals surface area contributed by atoms with Crippen LogP contribution in [0.3, 0.4) is 0 Å². The lowest BCUT2D eigenvalue weighted by atomic mass is 10.1. The van der Waals surface area contributed by atoms with Crippen LogP contribution in [0, 0.1) is 0 Å². The average Bonchev–Trinajstić information content (AvgIpc) is 2.05. The first-order valence-corrected chi connectivity index (χ1v) is 4.15. The predicted molar refractivity (Wildman–Crippen MR) is 54.5 cm³/mol. The van der Waals surface area contributed by atoms with Crippen molar-refractivity contribution in [1.82, 2.24) is 0 Å². The van der Waals surface area contributed by atoms with Crippen LogP contribution in [0.2, 0.25) is 0 Å². The third-order valence-corrected chi connectivity index (χ3v) is 2.00. The molecule has 4 heteroatoms. The van der Waals surface area contributed by atoms with Crippen molar-refractivity contribution in [2.45, 2.75) is 5.75 Å². The van der Waals surface area contributed by atoms with E-state index in [1.54, 1.807) is 19.2 Å². The van der Waals surface area contributed by atoms with Crippen molar-refractivity contribution in [3.63, 3.8) is 0 Å². The SMILES string of the molecule is COc1cc(CS)c(N)cc1N. The average molecular weight is 184 g/mol. The molecule has 0 aromatic heterocycles. The van der Waals surface area contributed by atoms with E-state index in [4.69, 9.17) is 16.2 Å². The molecule has 3 nitrogen and oxygen atoms in total. The van der Waals surface area contributed by atoms with Crippen LogP contribution in [0.1, 0.15) is 5.56 Å². The molecule has 0 spiro atoms. The molecule has 0 fully saturated rings. The standard InChI is InChI=1S/C8H12N2OS/c1-11-8-2-5(4-12)6(9)3-7(8)10/h2-3,12H,4,9-10H2,1H3. The third-order valence-electron chi connectivity index (χ3n) is 1.66. The van der Waals surface area contributed by atoms with Gasteiger partial charge in [0.05, 0.1) is 12.8 Å². The van der Waals surface area contributed by atoms with Crippen LogP contribution in [-0.4, -0.2) is 7.11 Å². The van der Waals surface area contributed by atoms with Crippen LogP contribution >= 0.6 is 12.6 Å². The van der Waals surface area contributed by atoms with Crippen molar-refractivity contribution >= 4 is 24.0 Å². The van der Waals surface area contributed by atoms with Gasteiger partial charge in [-0.1, -0.05) is 0 Å². The van der Waals surface area contributed by atoms with E-state index in [9.17, 15) is 0 Å². The maximum Gasteiger partial charge on any atom is 0.142 e. The molecule has 4 N–H and O–H groups in total. The Morgan fingerprint density at radius 2 is 2.00 bits per heavy atom. The van der Waals surface area contributed by atoms with Gasteiger partial charge in [-0.3, -0.25) is 0 Å². The summed E-state index contributed by atoms with van der Waals surface area (Å²) in [6.45, 7) is 0. The van der Waals surface area contributed by atoms with Gasteiger partial charge in [-0.25, -0.2) is 0 Å². The van der Waals surface area contributed by atoms with E-state index >= 15 is 0 Å². The van der Waals surface area contributed by atoms with Crippen LogP contribution in [0.5, 0.6) is 5.75 Å². The van der Waals surface area contributed by atoms with Crippen molar-refractivity contribution in [1.29, 1.82) is 0 Å². The minimum Gasteiger partial charge on any atom is -0.495 e. The van der Waals surface area contributed by atoms with Crippen LogP contribution in [0.25, 0.3) is 0 Å². The van der Waals surface area contributed by atoms with Crippen LogP contribution in [0.15, 0.2) is 12.1 Å². The number of hydrogen-bond donors (Lipinski definition) is 3. The molecule has 0 aliphatic carbocycles. The first-order valence-electron chi connectivity index (χ1n) is 3.51. The Labute approximate surface area is 77.1 Å². The Kier molecular flexibility index (Phi) is 2.70. The smallest absolute Gasteiger partial charge is 0.142 e. The number of benzene rings is 1. The fourth-order valence-electron chi connectivity index (χ4n) is 0.970. The summed E-state index contributed by atoms with van der Waals surface area (Å²) in [5, 5.41) is 0. The Balaban J connectivity index is 3.18. The largest absolute Gasteiger partial charge is 0.495 e. The summed E-state index contributed by atoms with van der Waals surface area (Å²) in [6.07, 6.45) is 0. The molecule has 1 rings (SSSR count). The van der Waals surface area contributed by atoms with Crippen LogP contribution < -0.4 is 16.2 Å². The second-order valence-electron chi connectivity index (χ2n) is 2.45. The number of rotatable bonds is 2. The summed E-state index contributed by atoms with van der Waals surface area (Å²) in [5.41, 5.74) is 13.4. The second-order valence-corrected chi connectivity index (χ2v) is 2.77. The van der Waals surface area contributed by atoms with Gasteiger partial charge < -0.3 is 16.2 Å². The van der Waals surface area contributed by atoms with E-state index in [1.807, 2.05) is 0 Å². The number of anilines is 2. The lowest BCUT2D eigenvalue weighted by molar-refractivity contribution is 0.416. The molecule has 0 atom stereocenters. The summed E-state index contributed by atoms with van der Waals surface area (Å²) in [7, 11) is 1.57. The molecule has 1 aromatic carbocycles. The molecule has 0 aliphatic heterocycles. The summed E-state index contributed by atoms with van der Waals surface area (Å²) in [5.74, 6) is 1.23. The first-order chi connectivity index (χ1) is 5.69. The lowest BCUT2D eigenvalue weighted by Gasteiger charge is -2.08. The van der Waals surface area contributed by atoms with E-state index in [-0.39, 0.29) is 0 Å². The van der Waals surface area contributed by atoms with Gasteiger partial charge >= 0.3 is 0 Å². The monoisotopic (exact) mass is 184 g/mol. The van der Waals surface area contributed by atoms with E-state index in [0.717, 1.165) is 5.56 Å². The number of nitrogens with two attached hydrogens (primary N) is 2. The summed E-state index contributed by atoms with van der Waals surface area (Å²) in [6, 6.07) is 3.49. The van der Waals surface area contributed by atoms with Crippen molar-refractivity contribution in [3.8, 4) is 5.75 Å². The van der Waals surface area contributed by atoms with Gasteiger partial charge in [-0.05, 0) is 17.7 Å². The lowest BCUT2D eigenvalue weighted by Crippen LogP contribution is -1.98. The number of ether oxygens (including phenoxy) is 1. The highest BCUT2D eigenvalue weighted by Gasteiger charge is 2.03. The van der Waals surface area contributed by atoms with E-state index in [0.29, 0.717) is 22.9 Å². The van der Waals surface area contributed by atoms with Gasteiger partial charge in [-0.15, -0.1) is 0 Å². The predicted octanol–water partition coefficient (Wildman–Crippen LogP) is 1.29. The number of nitrogen functional groups attached to an aromatic ring is 2. The van der Waals surface area contributed by atoms with Gasteiger partial charge in [0, 0.05) is 11.4 Å². The molecule has 0 saturated carbocycles. The Morgan fingerprint density at radius 1 is 1.33 bits per heavy atom. The highest BCUT2D eigenvalue weighted by molar-refractivity contribution is 7.79. The van der Waals surface area contributed by atoms with E-state index < -0.39 is 0 Å². The van der Waals surface area contributed by atoms with Gasteiger partial charge in [0.1, 0.15) is 5.75 Å². The van der Waals surface area contributed by atoms with Gasteiger partial charge in [0.15, 0.2) is 0 Å². The maximum absolute atomic E-state index is 5.67. The van der Waals surface area contributed by atoms with Gasteiger partial charge in [0.2, 0.25) is 0 Å². The number of methoxy groups -OCH3 is 1. The summed E-state index contributed by atoms with van der Waals surface area (Å²) < 4.78 is 5.03. The zero-order valence-corrected chi connectivity index (χ0v) is 7.77. The van der Waals surface area contributed by atoms with Gasteiger partial charge in [-0.2, -0.15) is 12.6 Å². The summed E-state index contributed by atoms with van der Waals surface area (Å²) in [4.78, 5) is 0. The van der Waals surface area contributed by atoms with Crippen molar-refractivity contribution in [3.05, 3.63) is 17.7 Å². The normalized spacial score (nSPS) is 9.83. The van der Waals surface area contributed by atoms with Crippen LogP contribution in [-0.2, 0) is 5.75 Å². The zero-order valence-electron chi connectivity index (χ0n) is 6.87. The fraction of sp³-hybridized carbons (Fsp3) is 0.250. The molecule has 0 amide bonds. The Morgan fingerprint density at radius 3 is 2.50 bits per heavy atom. The molecule has 0 aliphatic rings. The highest BCUT2D eigenvalue weighted by Crippen LogP contribution is 2.27. The molecule has 12 heavy (non-hydrogen) atoms. The number of thiol groups is 1. The quantitative estimate of drug-likeness (QED) is 0.479. The minimum absolute atomic E-state index is 0.556. The molecule has 0 saturated heterocycles. The molecular formula is C8H12N2OS. The molecule has 0 unspecified atom stereocenters. The van der Waals surface area contributed by atoms with Crippen molar-refractivity contribution in [2.24, 2.45) is 0 Å². The first kappa shape index (κ1) is 9.06. The molecule has 66 valence electrons. The highest BCUT2D eigenvalue weighted by atomic mass is 32.1. The Hall–Kier alpha value is -1.03. The van der Waals surface area contributed by atoms with Gasteiger partial charge in [0.25, 0.3) is 0 Å². The van der Waals surface area contributed by atoms with E-state index in [2.05, 4.69) is 12.6 Å². The molecule has 1 aromatic rings. The molecule has 0 heterocycles.